The number of halogens is 1. The fourth-order valence-corrected chi connectivity index (χ4v) is 4.32. The summed E-state index contributed by atoms with van der Waals surface area (Å²) in [6.07, 6.45) is 0. The van der Waals surface area contributed by atoms with E-state index in [9.17, 15) is 9.90 Å². The highest BCUT2D eigenvalue weighted by molar-refractivity contribution is 9.10. The second kappa shape index (κ2) is 8.63. The molecule has 0 aliphatic heterocycles. The van der Waals surface area contributed by atoms with Crippen LogP contribution >= 0.6 is 15.9 Å². The maximum absolute atomic E-state index is 13.8. The van der Waals surface area contributed by atoms with Gasteiger partial charge in [0, 0.05) is 10.0 Å². The number of hydrogen-bond acceptors (Lipinski definition) is 2. The average Bonchev–Trinajstić information content (AvgIpc) is 2.68. The molecule has 0 amide bonds. The van der Waals surface area contributed by atoms with E-state index in [2.05, 4.69) is 57.5 Å². The van der Waals surface area contributed by atoms with Crippen molar-refractivity contribution in [1.82, 2.24) is 0 Å². The summed E-state index contributed by atoms with van der Waals surface area (Å²) >= 11 is 3.49. The highest BCUT2D eigenvalue weighted by atomic mass is 79.9. The van der Waals surface area contributed by atoms with Gasteiger partial charge in [0.1, 0.15) is 5.75 Å². The Morgan fingerprint density at radius 2 is 1.32 bits per heavy atom. The van der Waals surface area contributed by atoms with Crippen LogP contribution in [0.15, 0.2) is 71.2 Å². The Morgan fingerprint density at radius 3 is 1.81 bits per heavy atom. The molecule has 3 heteroatoms. The Hall–Kier alpha value is -2.39. The predicted molar refractivity (Wildman–Crippen MR) is 132 cm³/mol. The van der Waals surface area contributed by atoms with Gasteiger partial charge < -0.3 is 5.11 Å². The van der Waals surface area contributed by atoms with Gasteiger partial charge in [-0.2, -0.15) is 0 Å². The number of hydrogen-bond donors (Lipinski definition) is 1. The van der Waals surface area contributed by atoms with E-state index in [4.69, 9.17) is 0 Å². The number of Topliss-reactive ketones (excluding diaryl/α,β-unsaturated/α-hetero) is 1. The lowest BCUT2D eigenvalue weighted by atomic mass is 9.75. The van der Waals surface area contributed by atoms with Gasteiger partial charge in [-0.05, 0) is 45.2 Å². The zero-order chi connectivity index (χ0) is 23.0. The highest BCUT2D eigenvalue weighted by Crippen LogP contribution is 2.42. The largest absolute Gasteiger partial charge is 0.507 e. The molecule has 0 saturated carbocycles. The van der Waals surface area contributed by atoms with Crippen molar-refractivity contribution < 1.29 is 9.90 Å². The lowest BCUT2D eigenvalue weighted by Crippen LogP contribution is -2.21. The summed E-state index contributed by atoms with van der Waals surface area (Å²) in [6, 6.07) is 21.5. The van der Waals surface area contributed by atoms with E-state index in [0.717, 1.165) is 26.7 Å². The van der Waals surface area contributed by atoms with E-state index >= 15 is 0 Å². The molecule has 0 heterocycles. The maximum Gasteiger partial charge on any atom is 0.174 e. The molecule has 31 heavy (non-hydrogen) atoms. The molecule has 3 aromatic rings. The SMILES string of the molecule is CC(C)(C)c1cc(C(C(=O)c2cccc(Br)c2)c2ccccc2)cc(C(C)(C)C)c1O. The standard InChI is InChI=1S/C28H31BrO2/c1-27(2,3)22-16-20(17-23(26(22)31)28(4,5)6)24(18-11-8-7-9-12-18)25(30)19-13-10-14-21(29)15-19/h7-17,24,31H,1-6H3. The first kappa shape index (κ1) is 23.3. The van der Waals surface area contributed by atoms with Crippen LogP contribution in [0.3, 0.4) is 0 Å². The summed E-state index contributed by atoms with van der Waals surface area (Å²) in [5.41, 5.74) is 3.70. The van der Waals surface area contributed by atoms with E-state index < -0.39 is 5.92 Å². The molecule has 0 radical (unpaired) electrons. The molecular weight excluding hydrogens is 448 g/mol. The van der Waals surface area contributed by atoms with Crippen LogP contribution in [0, 0.1) is 0 Å². The van der Waals surface area contributed by atoms with Gasteiger partial charge in [-0.15, -0.1) is 0 Å². The van der Waals surface area contributed by atoms with Crippen molar-refractivity contribution >= 4 is 21.7 Å². The Labute approximate surface area is 194 Å². The molecule has 3 rings (SSSR count). The van der Waals surface area contributed by atoms with Gasteiger partial charge in [-0.1, -0.05) is 112 Å². The van der Waals surface area contributed by atoms with Gasteiger partial charge in [0.15, 0.2) is 5.78 Å². The molecule has 0 saturated heterocycles. The lowest BCUT2D eigenvalue weighted by Gasteiger charge is -2.30. The molecule has 1 atom stereocenters. The fraction of sp³-hybridized carbons (Fsp3) is 0.321. The number of carbonyl (C=O) groups excluding carboxylic acids is 1. The first-order valence-corrected chi connectivity index (χ1v) is 11.4. The molecule has 3 aromatic carbocycles. The first-order valence-electron chi connectivity index (χ1n) is 10.6. The molecule has 1 N–H and O–H groups in total. The van der Waals surface area contributed by atoms with Crippen LogP contribution in [0.2, 0.25) is 0 Å². The van der Waals surface area contributed by atoms with E-state index in [0.29, 0.717) is 11.3 Å². The Bertz CT molecular complexity index is 1050. The third kappa shape index (κ3) is 5.10. The zero-order valence-electron chi connectivity index (χ0n) is 19.2. The van der Waals surface area contributed by atoms with Crippen LogP contribution in [-0.2, 0) is 10.8 Å². The van der Waals surface area contributed by atoms with Gasteiger partial charge in [-0.3, -0.25) is 4.79 Å². The number of carbonyl (C=O) groups is 1. The van der Waals surface area contributed by atoms with Gasteiger partial charge >= 0.3 is 0 Å². The Morgan fingerprint density at radius 1 is 0.774 bits per heavy atom. The minimum absolute atomic E-state index is 0.0397. The second-order valence-corrected chi connectivity index (χ2v) is 11.1. The summed E-state index contributed by atoms with van der Waals surface area (Å²) in [5, 5.41) is 11.1. The predicted octanol–water partition coefficient (Wildman–Crippen LogP) is 7.76. The van der Waals surface area contributed by atoms with Crippen LogP contribution in [-0.4, -0.2) is 10.9 Å². The molecule has 0 aliphatic rings. The van der Waals surface area contributed by atoms with Crippen molar-refractivity contribution in [3.63, 3.8) is 0 Å². The molecule has 0 aliphatic carbocycles. The molecular formula is C28H31BrO2. The minimum Gasteiger partial charge on any atom is -0.507 e. The summed E-state index contributed by atoms with van der Waals surface area (Å²) in [7, 11) is 0. The summed E-state index contributed by atoms with van der Waals surface area (Å²) < 4.78 is 0.877. The summed E-state index contributed by atoms with van der Waals surface area (Å²) in [4.78, 5) is 13.8. The van der Waals surface area contributed by atoms with Crippen molar-refractivity contribution in [2.75, 3.05) is 0 Å². The molecule has 0 aromatic heterocycles. The average molecular weight is 479 g/mol. The van der Waals surface area contributed by atoms with E-state index in [-0.39, 0.29) is 16.6 Å². The molecule has 1 unspecified atom stereocenters. The molecule has 0 bridgehead atoms. The summed E-state index contributed by atoms with van der Waals surface area (Å²) in [6.45, 7) is 12.5. The number of aromatic hydroxyl groups is 1. The third-order valence-corrected chi connectivity index (χ3v) is 6.08. The van der Waals surface area contributed by atoms with Crippen LogP contribution in [0.1, 0.15) is 80.1 Å². The Balaban J connectivity index is 2.30. The van der Waals surface area contributed by atoms with Crippen LogP contribution in [0.5, 0.6) is 5.75 Å². The molecule has 2 nitrogen and oxygen atoms in total. The van der Waals surface area contributed by atoms with Crippen LogP contribution in [0.4, 0.5) is 0 Å². The first-order chi connectivity index (χ1) is 14.4. The van der Waals surface area contributed by atoms with Gasteiger partial charge in [0.25, 0.3) is 0 Å². The lowest BCUT2D eigenvalue weighted by molar-refractivity contribution is 0.0973. The van der Waals surface area contributed by atoms with Gasteiger partial charge in [-0.25, -0.2) is 0 Å². The van der Waals surface area contributed by atoms with Crippen molar-refractivity contribution in [2.24, 2.45) is 0 Å². The highest BCUT2D eigenvalue weighted by Gasteiger charge is 2.31. The normalized spacial score (nSPS) is 13.1. The number of benzene rings is 3. The number of rotatable bonds is 4. The third-order valence-electron chi connectivity index (χ3n) is 5.59. The minimum atomic E-state index is -0.460. The fourth-order valence-electron chi connectivity index (χ4n) is 3.92. The quantitative estimate of drug-likeness (QED) is 0.388. The van der Waals surface area contributed by atoms with Crippen molar-refractivity contribution in [3.8, 4) is 5.75 Å². The number of ketones is 1. The molecule has 0 fully saturated rings. The van der Waals surface area contributed by atoms with Crippen molar-refractivity contribution in [2.45, 2.75) is 58.3 Å². The topological polar surface area (TPSA) is 37.3 Å². The molecule has 0 spiro atoms. The van der Waals surface area contributed by atoms with E-state index in [1.807, 2.05) is 66.7 Å². The van der Waals surface area contributed by atoms with Crippen molar-refractivity contribution in [3.05, 3.63) is 99.0 Å². The Kier molecular flexibility index (Phi) is 6.48. The number of phenolic OH excluding ortho intramolecular Hbond substituents is 1. The van der Waals surface area contributed by atoms with Crippen LogP contribution < -0.4 is 0 Å². The van der Waals surface area contributed by atoms with Crippen LogP contribution in [0.25, 0.3) is 0 Å². The maximum atomic E-state index is 13.8. The zero-order valence-corrected chi connectivity index (χ0v) is 20.7. The van der Waals surface area contributed by atoms with E-state index in [1.165, 1.54) is 0 Å². The smallest absolute Gasteiger partial charge is 0.174 e. The van der Waals surface area contributed by atoms with Gasteiger partial charge in [0.2, 0.25) is 0 Å². The monoisotopic (exact) mass is 478 g/mol. The van der Waals surface area contributed by atoms with Crippen molar-refractivity contribution in [1.29, 1.82) is 0 Å². The van der Waals surface area contributed by atoms with E-state index in [1.54, 1.807) is 0 Å². The van der Waals surface area contributed by atoms with Gasteiger partial charge in [0.05, 0.1) is 5.92 Å². The molecule has 162 valence electrons. The number of phenols is 1. The summed E-state index contributed by atoms with van der Waals surface area (Å²) in [5.74, 6) is -0.0957. The second-order valence-electron chi connectivity index (χ2n) is 10.2.